The third kappa shape index (κ3) is 3.60. The lowest BCUT2D eigenvalue weighted by Gasteiger charge is -2.05. The Hall–Kier alpha value is -3.58. The van der Waals surface area contributed by atoms with E-state index in [-0.39, 0.29) is 0 Å². The minimum atomic E-state index is -0.397. The highest BCUT2D eigenvalue weighted by Gasteiger charge is 2.12. The lowest BCUT2D eigenvalue weighted by atomic mass is 10.1. The second-order valence-electron chi connectivity index (χ2n) is 6.42. The van der Waals surface area contributed by atoms with Crippen LogP contribution in [0.15, 0.2) is 82.6 Å². The molecule has 0 radical (unpaired) electrons. The highest BCUT2D eigenvalue weighted by molar-refractivity contribution is 7.98. The summed E-state index contributed by atoms with van der Waals surface area (Å²) in [5, 5.41) is 9.30. The zero-order chi connectivity index (χ0) is 19.6. The standard InChI is InChI=1S/C22H15N3O3S/c26-21(15-7-5-14(6-8-15)12-29-22-23-13-24-25-22)27-16-9-10-20-18(11-16)17-3-1-2-4-19(17)28-20/h1-11,13H,12H2,(H,23,24,25). The van der Waals surface area contributed by atoms with E-state index in [9.17, 15) is 4.79 Å². The van der Waals surface area contributed by atoms with Crippen molar-refractivity contribution < 1.29 is 13.9 Å². The molecule has 29 heavy (non-hydrogen) atoms. The number of para-hydroxylation sites is 1. The van der Waals surface area contributed by atoms with Crippen molar-refractivity contribution in [3.05, 3.63) is 84.2 Å². The summed E-state index contributed by atoms with van der Waals surface area (Å²) in [4.78, 5) is 16.6. The van der Waals surface area contributed by atoms with Gasteiger partial charge in [0, 0.05) is 16.5 Å². The number of hydrogen-bond acceptors (Lipinski definition) is 6. The number of aromatic amines is 1. The van der Waals surface area contributed by atoms with E-state index in [0.29, 0.717) is 11.3 Å². The zero-order valence-corrected chi connectivity index (χ0v) is 16.0. The number of fused-ring (bicyclic) bond motifs is 3. The van der Waals surface area contributed by atoms with Gasteiger partial charge in [-0.25, -0.2) is 9.78 Å². The molecule has 7 heteroatoms. The Bertz CT molecular complexity index is 1290. The minimum absolute atomic E-state index is 0.397. The number of rotatable bonds is 5. The number of aromatic nitrogens is 3. The van der Waals surface area contributed by atoms with Crippen LogP contribution in [0.25, 0.3) is 21.9 Å². The van der Waals surface area contributed by atoms with E-state index in [2.05, 4.69) is 15.2 Å². The fraction of sp³-hybridized carbons (Fsp3) is 0.0455. The van der Waals surface area contributed by atoms with Crippen LogP contribution < -0.4 is 4.74 Å². The fourth-order valence-corrected chi connectivity index (χ4v) is 3.82. The molecular weight excluding hydrogens is 386 g/mol. The number of thioether (sulfide) groups is 1. The molecule has 0 aliphatic carbocycles. The first-order valence-electron chi connectivity index (χ1n) is 8.97. The van der Waals surface area contributed by atoms with Crippen LogP contribution in [-0.4, -0.2) is 21.2 Å². The molecule has 0 unspecified atom stereocenters. The number of carbonyl (C=O) groups is 1. The Morgan fingerprint density at radius 2 is 1.83 bits per heavy atom. The average Bonchev–Trinajstić information content (AvgIpc) is 3.40. The van der Waals surface area contributed by atoms with Gasteiger partial charge in [0.25, 0.3) is 0 Å². The van der Waals surface area contributed by atoms with Gasteiger partial charge < -0.3 is 9.15 Å². The molecule has 3 aromatic carbocycles. The number of nitrogens with zero attached hydrogens (tertiary/aromatic N) is 2. The number of nitrogens with one attached hydrogen (secondary N) is 1. The molecule has 0 aliphatic rings. The predicted molar refractivity (Wildman–Crippen MR) is 111 cm³/mol. The monoisotopic (exact) mass is 401 g/mol. The van der Waals surface area contributed by atoms with Gasteiger partial charge in [-0.15, -0.1) is 0 Å². The SMILES string of the molecule is O=C(Oc1ccc2oc3ccccc3c2c1)c1ccc(CSc2ncn[nH]2)cc1. The van der Waals surface area contributed by atoms with E-state index < -0.39 is 5.97 Å². The van der Waals surface area contributed by atoms with Crippen LogP contribution >= 0.6 is 11.8 Å². The quantitative estimate of drug-likeness (QED) is 0.247. The molecule has 0 saturated carbocycles. The van der Waals surface area contributed by atoms with E-state index in [1.165, 1.54) is 6.33 Å². The molecule has 142 valence electrons. The molecule has 5 aromatic rings. The van der Waals surface area contributed by atoms with Crippen molar-refractivity contribution in [3.8, 4) is 5.75 Å². The summed E-state index contributed by atoms with van der Waals surface area (Å²) in [6.45, 7) is 0. The lowest BCUT2D eigenvalue weighted by Crippen LogP contribution is -2.08. The molecule has 0 bridgehead atoms. The highest BCUT2D eigenvalue weighted by atomic mass is 32.2. The zero-order valence-electron chi connectivity index (χ0n) is 15.2. The van der Waals surface area contributed by atoms with E-state index in [1.54, 1.807) is 30.0 Å². The van der Waals surface area contributed by atoms with Gasteiger partial charge in [-0.05, 0) is 42.0 Å². The summed E-state index contributed by atoms with van der Waals surface area (Å²) in [5.74, 6) is 0.819. The van der Waals surface area contributed by atoms with Gasteiger partial charge >= 0.3 is 5.97 Å². The molecule has 0 amide bonds. The van der Waals surface area contributed by atoms with E-state index in [1.807, 2.05) is 48.5 Å². The summed E-state index contributed by atoms with van der Waals surface area (Å²) in [6.07, 6.45) is 1.48. The number of hydrogen-bond donors (Lipinski definition) is 1. The van der Waals surface area contributed by atoms with E-state index in [4.69, 9.17) is 9.15 Å². The minimum Gasteiger partial charge on any atom is -0.456 e. The van der Waals surface area contributed by atoms with Crippen molar-refractivity contribution in [2.75, 3.05) is 0 Å². The van der Waals surface area contributed by atoms with Gasteiger partial charge in [0.05, 0.1) is 5.56 Å². The van der Waals surface area contributed by atoms with Crippen molar-refractivity contribution in [1.29, 1.82) is 0 Å². The van der Waals surface area contributed by atoms with Gasteiger partial charge in [-0.3, -0.25) is 5.10 Å². The second-order valence-corrected chi connectivity index (χ2v) is 7.39. The molecule has 0 spiro atoms. The largest absolute Gasteiger partial charge is 0.456 e. The lowest BCUT2D eigenvalue weighted by molar-refractivity contribution is 0.0735. The number of ether oxygens (including phenoxy) is 1. The Morgan fingerprint density at radius 3 is 2.66 bits per heavy atom. The summed E-state index contributed by atoms with van der Waals surface area (Å²) >= 11 is 1.55. The first kappa shape index (κ1) is 17.5. The van der Waals surface area contributed by atoms with Crippen LogP contribution in [0.2, 0.25) is 0 Å². The molecule has 5 rings (SSSR count). The van der Waals surface area contributed by atoms with Crippen LogP contribution in [0, 0.1) is 0 Å². The van der Waals surface area contributed by atoms with E-state index in [0.717, 1.165) is 38.4 Å². The predicted octanol–water partition coefficient (Wildman–Crippen LogP) is 5.22. The topological polar surface area (TPSA) is 81.0 Å². The summed E-state index contributed by atoms with van der Waals surface area (Å²) in [6, 6.07) is 20.5. The van der Waals surface area contributed by atoms with E-state index >= 15 is 0 Å². The summed E-state index contributed by atoms with van der Waals surface area (Å²) in [5.41, 5.74) is 3.15. The maximum absolute atomic E-state index is 12.5. The second kappa shape index (κ2) is 7.44. The molecule has 2 aromatic heterocycles. The maximum atomic E-state index is 12.5. The number of carbonyl (C=O) groups excluding carboxylic acids is 1. The maximum Gasteiger partial charge on any atom is 0.343 e. The Kier molecular flexibility index (Phi) is 4.50. The first-order chi connectivity index (χ1) is 14.3. The average molecular weight is 401 g/mol. The smallest absolute Gasteiger partial charge is 0.343 e. The van der Waals surface area contributed by atoms with Crippen LogP contribution in [0.1, 0.15) is 15.9 Å². The number of H-pyrrole nitrogens is 1. The molecule has 0 saturated heterocycles. The molecular formula is C22H15N3O3S. The Labute approximate surface area is 169 Å². The van der Waals surface area contributed by atoms with Crippen LogP contribution in [0.5, 0.6) is 5.75 Å². The molecule has 1 N–H and O–H groups in total. The van der Waals surface area contributed by atoms with Crippen molar-refractivity contribution in [3.63, 3.8) is 0 Å². The number of furan rings is 1. The molecule has 2 heterocycles. The summed E-state index contributed by atoms with van der Waals surface area (Å²) < 4.78 is 11.4. The van der Waals surface area contributed by atoms with Crippen molar-refractivity contribution >= 4 is 39.7 Å². The van der Waals surface area contributed by atoms with Gasteiger partial charge in [-0.1, -0.05) is 42.1 Å². The highest BCUT2D eigenvalue weighted by Crippen LogP contribution is 2.31. The van der Waals surface area contributed by atoms with Crippen molar-refractivity contribution in [2.24, 2.45) is 0 Å². The molecule has 0 atom stereocenters. The normalized spacial score (nSPS) is 11.2. The van der Waals surface area contributed by atoms with Crippen LogP contribution in [0.3, 0.4) is 0 Å². The van der Waals surface area contributed by atoms with Crippen molar-refractivity contribution in [1.82, 2.24) is 15.2 Å². The summed E-state index contributed by atoms with van der Waals surface area (Å²) in [7, 11) is 0. The van der Waals surface area contributed by atoms with Crippen molar-refractivity contribution in [2.45, 2.75) is 10.9 Å². The fourth-order valence-electron chi connectivity index (χ4n) is 3.09. The molecule has 0 aliphatic heterocycles. The third-order valence-corrected chi connectivity index (χ3v) is 5.46. The van der Waals surface area contributed by atoms with Crippen LogP contribution in [-0.2, 0) is 5.75 Å². The van der Waals surface area contributed by atoms with Crippen LogP contribution in [0.4, 0.5) is 0 Å². The Morgan fingerprint density at radius 1 is 1.00 bits per heavy atom. The van der Waals surface area contributed by atoms with Gasteiger partial charge in [0.1, 0.15) is 23.2 Å². The van der Waals surface area contributed by atoms with Gasteiger partial charge in [0.2, 0.25) is 0 Å². The number of esters is 1. The molecule has 6 nitrogen and oxygen atoms in total. The molecule has 0 fully saturated rings. The number of benzene rings is 3. The first-order valence-corrected chi connectivity index (χ1v) is 9.95. The van der Waals surface area contributed by atoms with Gasteiger partial charge in [-0.2, -0.15) is 5.10 Å². The Balaban J connectivity index is 1.31. The third-order valence-electron chi connectivity index (χ3n) is 4.52. The van der Waals surface area contributed by atoms with Gasteiger partial charge in [0.15, 0.2) is 5.16 Å².